The van der Waals surface area contributed by atoms with Gasteiger partial charge in [-0.1, -0.05) is 25.1 Å². The molecule has 110 valence electrons. The van der Waals surface area contributed by atoms with Crippen molar-refractivity contribution in [3.63, 3.8) is 0 Å². The number of thiophene rings is 1. The Morgan fingerprint density at radius 2 is 2.14 bits per heavy atom. The molecule has 1 aromatic carbocycles. The van der Waals surface area contributed by atoms with Crippen molar-refractivity contribution in [2.45, 2.75) is 32.7 Å². The monoisotopic (exact) mass is 316 g/mol. The molecular formula is C17H20N2S2. The van der Waals surface area contributed by atoms with Crippen LogP contribution in [0.15, 0.2) is 35.7 Å². The summed E-state index contributed by atoms with van der Waals surface area (Å²) < 4.78 is 1.37. The molecule has 3 aromatic rings. The molecule has 3 rings (SSSR count). The molecule has 0 spiro atoms. The second-order valence-corrected chi connectivity index (χ2v) is 7.43. The van der Waals surface area contributed by atoms with E-state index >= 15 is 0 Å². The molecule has 0 aliphatic heterocycles. The van der Waals surface area contributed by atoms with E-state index in [-0.39, 0.29) is 0 Å². The van der Waals surface area contributed by atoms with Crippen molar-refractivity contribution >= 4 is 32.8 Å². The van der Waals surface area contributed by atoms with Crippen LogP contribution in [0.3, 0.4) is 0 Å². The first kappa shape index (κ1) is 14.7. The molecule has 0 saturated carbocycles. The fraction of sp³-hybridized carbons (Fsp3) is 0.353. The van der Waals surface area contributed by atoms with Gasteiger partial charge >= 0.3 is 0 Å². The number of aromatic nitrogens is 1. The van der Waals surface area contributed by atoms with Crippen molar-refractivity contribution < 1.29 is 0 Å². The molecule has 0 aliphatic rings. The number of thiazole rings is 1. The van der Waals surface area contributed by atoms with E-state index in [1.165, 1.54) is 20.7 Å². The van der Waals surface area contributed by atoms with Gasteiger partial charge in [-0.3, -0.25) is 0 Å². The fourth-order valence-corrected chi connectivity index (χ4v) is 4.24. The van der Waals surface area contributed by atoms with Crippen LogP contribution in [0.5, 0.6) is 0 Å². The highest BCUT2D eigenvalue weighted by molar-refractivity contribution is 7.19. The van der Waals surface area contributed by atoms with Crippen LogP contribution in [0.2, 0.25) is 0 Å². The minimum absolute atomic E-state index is 0.365. The number of fused-ring (bicyclic) bond motifs is 1. The molecule has 1 N–H and O–H groups in total. The molecule has 2 nitrogen and oxygen atoms in total. The Kier molecular flexibility index (Phi) is 4.68. The Hall–Kier alpha value is -1.23. The Morgan fingerprint density at radius 1 is 1.29 bits per heavy atom. The van der Waals surface area contributed by atoms with Crippen LogP contribution < -0.4 is 5.32 Å². The van der Waals surface area contributed by atoms with Gasteiger partial charge in [0.1, 0.15) is 0 Å². The smallest absolute Gasteiger partial charge is 0.0897 e. The molecule has 0 saturated heterocycles. The minimum Gasteiger partial charge on any atom is -0.309 e. The Morgan fingerprint density at radius 3 is 2.86 bits per heavy atom. The Bertz CT molecular complexity index is 681. The topological polar surface area (TPSA) is 24.9 Å². The second-order valence-electron chi connectivity index (χ2n) is 5.26. The van der Waals surface area contributed by atoms with Gasteiger partial charge in [-0.05, 0) is 37.4 Å². The summed E-state index contributed by atoms with van der Waals surface area (Å²) in [4.78, 5) is 6.03. The van der Waals surface area contributed by atoms with Crippen LogP contribution >= 0.6 is 22.7 Å². The summed E-state index contributed by atoms with van der Waals surface area (Å²) in [6.45, 7) is 5.33. The summed E-state index contributed by atoms with van der Waals surface area (Å²) in [5.41, 5.74) is 1.20. The first-order valence-electron chi connectivity index (χ1n) is 7.39. The normalized spacial score (nSPS) is 12.9. The highest BCUT2D eigenvalue weighted by atomic mass is 32.1. The lowest BCUT2D eigenvalue weighted by Crippen LogP contribution is -2.23. The van der Waals surface area contributed by atoms with Crippen LogP contribution in [0, 0.1) is 6.92 Å². The zero-order valence-corrected chi connectivity index (χ0v) is 14.1. The third-order valence-electron chi connectivity index (χ3n) is 3.51. The van der Waals surface area contributed by atoms with Crippen LogP contribution in [0.4, 0.5) is 0 Å². The Balaban J connectivity index is 1.86. The van der Waals surface area contributed by atoms with Crippen molar-refractivity contribution in [1.29, 1.82) is 0 Å². The maximum atomic E-state index is 4.62. The zero-order valence-electron chi connectivity index (χ0n) is 12.4. The number of nitrogens with zero attached hydrogens (tertiary/aromatic N) is 1. The minimum atomic E-state index is 0.365. The van der Waals surface area contributed by atoms with E-state index in [1.807, 2.05) is 11.3 Å². The van der Waals surface area contributed by atoms with Gasteiger partial charge < -0.3 is 5.32 Å². The number of aryl methyl sites for hydroxylation is 1. The summed E-state index contributed by atoms with van der Waals surface area (Å²) in [5.74, 6) is 0. The van der Waals surface area contributed by atoms with Gasteiger partial charge in [-0.25, -0.2) is 4.98 Å². The number of rotatable bonds is 6. The van der Waals surface area contributed by atoms with Crippen molar-refractivity contribution in [3.8, 4) is 0 Å². The molecule has 4 heteroatoms. The Labute approximate surface area is 133 Å². The van der Waals surface area contributed by atoms with Crippen molar-refractivity contribution in [1.82, 2.24) is 10.3 Å². The van der Waals surface area contributed by atoms with Gasteiger partial charge in [0.15, 0.2) is 0 Å². The largest absolute Gasteiger partial charge is 0.309 e. The van der Waals surface area contributed by atoms with Crippen molar-refractivity contribution in [2.75, 3.05) is 6.54 Å². The molecule has 0 aliphatic carbocycles. The highest BCUT2D eigenvalue weighted by Gasteiger charge is 2.16. The summed E-state index contributed by atoms with van der Waals surface area (Å²) in [6, 6.07) is 11.3. The maximum Gasteiger partial charge on any atom is 0.0897 e. The van der Waals surface area contributed by atoms with Crippen molar-refractivity contribution in [2.24, 2.45) is 0 Å². The average Bonchev–Trinajstić information content (AvgIpc) is 3.09. The third-order valence-corrected chi connectivity index (χ3v) is 5.56. The summed E-state index contributed by atoms with van der Waals surface area (Å²) in [5, 5.41) is 8.35. The predicted molar refractivity (Wildman–Crippen MR) is 93.4 cm³/mol. The van der Waals surface area contributed by atoms with E-state index < -0.39 is 0 Å². The van der Waals surface area contributed by atoms with E-state index in [1.54, 1.807) is 11.3 Å². The summed E-state index contributed by atoms with van der Waals surface area (Å²) in [6.07, 6.45) is 2.12. The first-order valence-corrected chi connectivity index (χ1v) is 9.08. The van der Waals surface area contributed by atoms with Gasteiger partial charge in [0, 0.05) is 27.4 Å². The molecular weight excluding hydrogens is 296 g/mol. The van der Waals surface area contributed by atoms with Gasteiger partial charge in [0.25, 0.3) is 0 Å². The van der Waals surface area contributed by atoms with E-state index in [9.17, 15) is 0 Å². The molecule has 2 heterocycles. The van der Waals surface area contributed by atoms with Crippen LogP contribution in [-0.2, 0) is 6.42 Å². The van der Waals surface area contributed by atoms with Crippen LogP contribution in [-0.4, -0.2) is 11.5 Å². The zero-order chi connectivity index (χ0) is 14.7. The van der Waals surface area contributed by atoms with E-state index in [0.717, 1.165) is 24.4 Å². The lowest BCUT2D eigenvalue weighted by Gasteiger charge is -2.15. The molecule has 1 unspecified atom stereocenters. The van der Waals surface area contributed by atoms with Crippen LogP contribution in [0.25, 0.3) is 10.1 Å². The molecule has 2 aromatic heterocycles. The lowest BCUT2D eigenvalue weighted by molar-refractivity contribution is 0.532. The number of nitrogens with one attached hydrogen (secondary N) is 1. The van der Waals surface area contributed by atoms with Crippen LogP contribution in [0.1, 0.15) is 35.0 Å². The van der Waals surface area contributed by atoms with Gasteiger partial charge in [0.2, 0.25) is 0 Å². The molecule has 0 bridgehead atoms. The predicted octanol–water partition coefficient (Wildman–Crippen LogP) is 4.95. The lowest BCUT2D eigenvalue weighted by atomic mass is 10.1. The number of hydrogen-bond donors (Lipinski definition) is 1. The fourth-order valence-electron chi connectivity index (χ4n) is 2.48. The van der Waals surface area contributed by atoms with Crippen molar-refractivity contribution in [3.05, 3.63) is 51.3 Å². The van der Waals surface area contributed by atoms with Gasteiger partial charge in [-0.15, -0.1) is 22.7 Å². The summed E-state index contributed by atoms with van der Waals surface area (Å²) in [7, 11) is 0. The quantitative estimate of drug-likeness (QED) is 0.696. The third kappa shape index (κ3) is 3.51. The maximum absolute atomic E-state index is 4.62. The first-order chi connectivity index (χ1) is 10.3. The van der Waals surface area contributed by atoms with E-state index in [4.69, 9.17) is 0 Å². The van der Waals surface area contributed by atoms with E-state index in [0.29, 0.717) is 6.04 Å². The molecule has 0 radical (unpaired) electrons. The summed E-state index contributed by atoms with van der Waals surface area (Å²) >= 11 is 3.63. The van der Waals surface area contributed by atoms with Gasteiger partial charge in [-0.2, -0.15) is 0 Å². The van der Waals surface area contributed by atoms with Gasteiger partial charge in [0.05, 0.1) is 10.7 Å². The SMILES string of the molecule is CCCNC(Cc1csc(C)n1)c1cc2ccccc2s1. The number of benzene rings is 1. The molecule has 21 heavy (non-hydrogen) atoms. The standard InChI is InChI=1S/C17H20N2S2/c1-3-8-18-15(10-14-11-20-12(2)19-14)17-9-13-6-4-5-7-16(13)21-17/h4-7,9,11,15,18H,3,8,10H2,1-2H3. The molecule has 1 atom stereocenters. The second kappa shape index (κ2) is 6.69. The molecule has 0 amide bonds. The highest BCUT2D eigenvalue weighted by Crippen LogP contribution is 2.31. The number of hydrogen-bond acceptors (Lipinski definition) is 4. The van der Waals surface area contributed by atoms with E-state index in [2.05, 4.69) is 59.9 Å². The molecule has 0 fully saturated rings. The average molecular weight is 316 g/mol.